The Kier molecular flexibility index (Phi) is 10.2. The third kappa shape index (κ3) is 7.31. The van der Waals surface area contributed by atoms with Crippen molar-refractivity contribution < 1.29 is 18.9 Å². The highest BCUT2D eigenvalue weighted by Gasteiger charge is 2.34. The van der Waals surface area contributed by atoms with Gasteiger partial charge in [0.2, 0.25) is 13.2 Å². The summed E-state index contributed by atoms with van der Waals surface area (Å²) in [5.74, 6) is -0.221. The van der Waals surface area contributed by atoms with Crippen LogP contribution in [0.25, 0.3) is 0 Å². The van der Waals surface area contributed by atoms with E-state index < -0.39 is 31.3 Å². The molecular weight excluding hydrogens is 479 g/mol. The molecule has 3 rings (SSSR count). The van der Waals surface area contributed by atoms with Crippen LogP contribution in [0.4, 0.5) is 0 Å². The van der Waals surface area contributed by atoms with Gasteiger partial charge in [-0.05, 0) is 54.7 Å². The lowest BCUT2D eigenvalue weighted by molar-refractivity contribution is -0.145. The molecule has 3 aromatic rings. The minimum atomic E-state index is -3.40. The summed E-state index contributed by atoms with van der Waals surface area (Å²) in [5.41, 5.74) is 0.909. The molecule has 0 aliphatic carbocycles. The molecule has 0 aromatic heterocycles. The molecule has 0 radical (unpaired) electrons. The Hall–Kier alpha value is -2.86. The van der Waals surface area contributed by atoms with Gasteiger partial charge < -0.3 is 10.1 Å². The van der Waals surface area contributed by atoms with Gasteiger partial charge in [0.1, 0.15) is 6.04 Å². The maximum absolute atomic E-state index is 14.6. The lowest BCUT2D eigenvalue weighted by Crippen LogP contribution is -2.52. The predicted molar refractivity (Wildman–Crippen MR) is 144 cm³/mol. The topological polar surface area (TPSA) is 84.5 Å². The Morgan fingerprint density at radius 2 is 1.37 bits per heavy atom. The van der Waals surface area contributed by atoms with Gasteiger partial charge in [0.05, 0.1) is 13.2 Å². The summed E-state index contributed by atoms with van der Waals surface area (Å²) >= 11 is 1.58. The third-order valence-corrected chi connectivity index (χ3v) is 8.96. The van der Waals surface area contributed by atoms with Crippen LogP contribution in [0.3, 0.4) is 0 Å². The van der Waals surface area contributed by atoms with Crippen LogP contribution in [0.15, 0.2) is 91.0 Å². The zero-order valence-corrected chi connectivity index (χ0v) is 21.6. The van der Waals surface area contributed by atoms with E-state index in [0.717, 1.165) is 5.56 Å². The number of nitrogens with one attached hydrogen (secondary N) is 2. The number of esters is 1. The summed E-state index contributed by atoms with van der Waals surface area (Å²) in [6, 6.07) is 26.1. The van der Waals surface area contributed by atoms with Crippen LogP contribution in [0.1, 0.15) is 12.0 Å². The van der Waals surface area contributed by atoms with Gasteiger partial charge in [0, 0.05) is 10.6 Å². The van der Waals surface area contributed by atoms with Crippen LogP contribution in [-0.4, -0.2) is 43.1 Å². The molecule has 0 aliphatic rings. The second-order valence-electron chi connectivity index (χ2n) is 8.02. The highest BCUT2D eigenvalue weighted by molar-refractivity contribution is 7.98. The first kappa shape index (κ1) is 26.7. The lowest BCUT2D eigenvalue weighted by atomic mass is 10.1. The van der Waals surface area contributed by atoms with Gasteiger partial charge in [-0.15, -0.1) is 0 Å². The van der Waals surface area contributed by atoms with Gasteiger partial charge in [0.15, 0.2) is 0 Å². The maximum Gasteiger partial charge on any atom is 0.328 e. The molecule has 0 aliphatic heterocycles. The van der Waals surface area contributed by atoms with Crippen molar-refractivity contribution in [3.05, 3.63) is 96.6 Å². The van der Waals surface area contributed by atoms with E-state index >= 15 is 0 Å². The van der Waals surface area contributed by atoms with E-state index in [2.05, 4.69) is 10.4 Å². The number of rotatable bonds is 12. The summed E-state index contributed by atoms with van der Waals surface area (Å²) in [6.45, 7) is 0. The maximum atomic E-state index is 14.6. The molecule has 1 amide bonds. The number of amides is 1. The average molecular weight is 511 g/mol. The zero-order chi connectivity index (χ0) is 25.1. The third-order valence-electron chi connectivity index (χ3n) is 5.59. The standard InChI is InChI=1S/C27H31N2O4PS/c1-33-27(31)24(18-19-35-2)28-26(30)25(20-21-12-6-3-7-13-21)29-34(32,22-14-8-4-9-15-22)23-16-10-5-11-17-23/h3-17,24-25H,18-20H2,1-2H3,(H,28,30)(H,29,32)/t24-,25-/m0/s1. The fraction of sp³-hybridized carbons (Fsp3) is 0.259. The summed E-state index contributed by atoms with van der Waals surface area (Å²) in [6.07, 6.45) is 2.67. The van der Waals surface area contributed by atoms with Crippen molar-refractivity contribution in [3.8, 4) is 0 Å². The molecule has 2 atom stereocenters. The Bertz CT molecular complexity index is 1090. The van der Waals surface area contributed by atoms with Crippen LogP contribution < -0.4 is 21.0 Å². The molecule has 0 bridgehead atoms. The van der Waals surface area contributed by atoms with Crippen LogP contribution in [-0.2, 0) is 25.3 Å². The second-order valence-corrected chi connectivity index (χ2v) is 11.5. The number of hydrogen-bond donors (Lipinski definition) is 2. The number of carbonyl (C=O) groups excluding carboxylic acids is 2. The molecule has 3 aromatic carbocycles. The molecule has 6 nitrogen and oxygen atoms in total. The van der Waals surface area contributed by atoms with Gasteiger partial charge in [-0.1, -0.05) is 66.7 Å². The van der Waals surface area contributed by atoms with Gasteiger partial charge in [0.25, 0.3) is 0 Å². The fourth-order valence-electron chi connectivity index (χ4n) is 3.74. The van der Waals surface area contributed by atoms with Crippen LogP contribution in [0.5, 0.6) is 0 Å². The first-order valence-electron chi connectivity index (χ1n) is 11.4. The van der Waals surface area contributed by atoms with Crippen molar-refractivity contribution in [3.63, 3.8) is 0 Å². The first-order valence-corrected chi connectivity index (χ1v) is 14.5. The highest BCUT2D eigenvalue weighted by atomic mass is 32.2. The molecule has 0 saturated heterocycles. The molecule has 0 fully saturated rings. The van der Waals surface area contributed by atoms with Crippen molar-refractivity contribution in [1.82, 2.24) is 10.4 Å². The number of hydrogen-bond acceptors (Lipinski definition) is 5. The molecular formula is C27H31N2O4PS. The second kappa shape index (κ2) is 13.3. The minimum absolute atomic E-state index is 0.298. The lowest BCUT2D eigenvalue weighted by Gasteiger charge is -2.28. The van der Waals surface area contributed by atoms with Crippen LogP contribution in [0, 0.1) is 0 Å². The average Bonchev–Trinajstić information content (AvgIpc) is 2.91. The summed E-state index contributed by atoms with van der Waals surface area (Å²) < 4.78 is 19.5. The number of thioether (sulfide) groups is 1. The van der Waals surface area contributed by atoms with Crippen molar-refractivity contribution in [2.24, 2.45) is 0 Å². The van der Waals surface area contributed by atoms with E-state index in [4.69, 9.17) is 4.74 Å². The van der Waals surface area contributed by atoms with E-state index in [-0.39, 0.29) is 0 Å². The normalized spacial score (nSPS) is 13.0. The number of ether oxygens (including phenoxy) is 1. The quantitative estimate of drug-likeness (QED) is 0.287. The molecule has 35 heavy (non-hydrogen) atoms. The monoisotopic (exact) mass is 510 g/mol. The van der Waals surface area contributed by atoms with Crippen molar-refractivity contribution in [2.75, 3.05) is 19.1 Å². The Morgan fingerprint density at radius 3 is 1.86 bits per heavy atom. The Labute approximate surface area is 211 Å². The van der Waals surface area contributed by atoms with Gasteiger partial charge in [-0.3, -0.25) is 9.36 Å². The largest absolute Gasteiger partial charge is 0.467 e. The van der Waals surface area contributed by atoms with Crippen molar-refractivity contribution in [2.45, 2.75) is 24.9 Å². The smallest absolute Gasteiger partial charge is 0.328 e. The van der Waals surface area contributed by atoms with Gasteiger partial charge >= 0.3 is 5.97 Å². The van der Waals surface area contributed by atoms with E-state index in [1.54, 1.807) is 36.0 Å². The van der Waals surface area contributed by atoms with E-state index in [1.165, 1.54) is 7.11 Å². The number of benzene rings is 3. The van der Waals surface area contributed by atoms with Crippen molar-refractivity contribution in [1.29, 1.82) is 0 Å². The van der Waals surface area contributed by atoms with E-state index in [1.807, 2.05) is 73.0 Å². The number of carbonyl (C=O) groups is 2. The van der Waals surface area contributed by atoms with Crippen molar-refractivity contribution >= 4 is 41.5 Å². The summed E-state index contributed by atoms with van der Waals surface area (Å²) in [7, 11) is -2.09. The predicted octanol–water partition coefficient (Wildman–Crippen LogP) is 3.53. The zero-order valence-electron chi connectivity index (χ0n) is 19.9. The molecule has 0 spiro atoms. The van der Waals surface area contributed by atoms with Gasteiger partial charge in [-0.25, -0.2) is 9.88 Å². The number of methoxy groups -OCH3 is 1. The molecule has 0 unspecified atom stereocenters. The minimum Gasteiger partial charge on any atom is -0.467 e. The van der Waals surface area contributed by atoms with Crippen LogP contribution >= 0.6 is 19.1 Å². The molecule has 0 heterocycles. The SMILES string of the molecule is COC(=O)[C@H](CCSC)NC(=O)[C@H](Cc1ccccc1)NP(=O)(c1ccccc1)c1ccccc1. The molecule has 0 saturated carbocycles. The first-order chi connectivity index (χ1) is 17.0. The summed E-state index contributed by atoms with van der Waals surface area (Å²) in [5, 5.41) is 7.26. The molecule has 2 N–H and O–H groups in total. The fourth-order valence-corrected chi connectivity index (χ4v) is 6.64. The van der Waals surface area contributed by atoms with Crippen LogP contribution in [0.2, 0.25) is 0 Å². The molecule has 8 heteroatoms. The Morgan fingerprint density at radius 1 is 0.857 bits per heavy atom. The van der Waals surface area contributed by atoms with E-state index in [0.29, 0.717) is 29.2 Å². The van der Waals surface area contributed by atoms with Gasteiger partial charge in [-0.2, -0.15) is 11.8 Å². The van der Waals surface area contributed by atoms with E-state index in [9.17, 15) is 14.2 Å². The summed E-state index contributed by atoms with van der Waals surface area (Å²) in [4.78, 5) is 25.9. The molecule has 184 valence electrons. The Balaban J connectivity index is 1.98. The highest BCUT2D eigenvalue weighted by Crippen LogP contribution is 2.39.